The zero-order chi connectivity index (χ0) is 13.1. The molecule has 0 fully saturated rings. The Labute approximate surface area is 104 Å². The standard InChI is InChI=1S/C15H11F2N/c1-10-2-4-11(5-3-10)14(9-18)13-7-6-12(16)8-15(13)17/h2-8,14H,1H3. The number of nitrogens with zero attached hydrogens (tertiary/aromatic N) is 1. The summed E-state index contributed by atoms with van der Waals surface area (Å²) in [4.78, 5) is 0. The lowest BCUT2D eigenvalue weighted by Crippen LogP contribution is -2.01. The molecule has 0 saturated carbocycles. The van der Waals surface area contributed by atoms with Crippen LogP contribution in [-0.2, 0) is 0 Å². The Morgan fingerprint density at radius 3 is 2.28 bits per heavy atom. The molecule has 0 amide bonds. The first kappa shape index (κ1) is 12.3. The van der Waals surface area contributed by atoms with Crippen LogP contribution in [0.5, 0.6) is 0 Å². The molecule has 2 rings (SSSR count). The summed E-state index contributed by atoms with van der Waals surface area (Å²) in [6, 6.07) is 12.6. The lowest BCUT2D eigenvalue weighted by molar-refractivity contribution is 0.571. The second kappa shape index (κ2) is 4.97. The molecule has 1 unspecified atom stereocenters. The summed E-state index contributed by atoms with van der Waals surface area (Å²) in [5.74, 6) is -2.05. The fraction of sp³-hybridized carbons (Fsp3) is 0.133. The van der Waals surface area contributed by atoms with E-state index >= 15 is 0 Å². The van der Waals surface area contributed by atoms with Gasteiger partial charge in [0.15, 0.2) is 0 Å². The third-order valence-electron chi connectivity index (χ3n) is 2.81. The number of benzene rings is 2. The largest absolute Gasteiger partial charge is 0.207 e. The number of rotatable bonds is 2. The van der Waals surface area contributed by atoms with Gasteiger partial charge in [-0.1, -0.05) is 35.9 Å². The van der Waals surface area contributed by atoms with Gasteiger partial charge in [0.25, 0.3) is 0 Å². The van der Waals surface area contributed by atoms with Gasteiger partial charge in [-0.2, -0.15) is 5.26 Å². The lowest BCUT2D eigenvalue weighted by atomic mass is 9.92. The van der Waals surface area contributed by atoms with Crippen molar-refractivity contribution in [2.45, 2.75) is 12.8 Å². The third-order valence-corrected chi connectivity index (χ3v) is 2.81. The molecule has 3 heteroatoms. The van der Waals surface area contributed by atoms with Crippen molar-refractivity contribution in [1.82, 2.24) is 0 Å². The minimum atomic E-state index is -0.716. The van der Waals surface area contributed by atoms with Gasteiger partial charge in [0.1, 0.15) is 11.6 Å². The molecule has 0 spiro atoms. The lowest BCUT2D eigenvalue weighted by Gasteiger charge is -2.11. The van der Waals surface area contributed by atoms with Crippen LogP contribution in [0.2, 0.25) is 0 Å². The van der Waals surface area contributed by atoms with E-state index in [4.69, 9.17) is 0 Å². The zero-order valence-corrected chi connectivity index (χ0v) is 9.82. The highest BCUT2D eigenvalue weighted by molar-refractivity contribution is 5.39. The van der Waals surface area contributed by atoms with Crippen LogP contribution in [0.1, 0.15) is 22.6 Å². The van der Waals surface area contributed by atoms with E-state index in [0.717, 1.165) is 17.7 Å². The molecule has 0 bridgehead atoms. The van der Waals surface area contributed by atoms with Gasteiger partial charge in [-0.3, -0.25) is 0 Å². The predicted octanol–water partition coefficient (Wildman–Crippen LogP) is 3.93. The van der Waals surface area contributed by atoms with Crippen molar-refractivity contribution in [3.63, 3.8) is 0 Å². The van der Waals surface area contributed by atoms with Crippen LogP contribution in [0.25, 0.3) is 0 Å². The van der Waals surface area contributed by atoms with Crippen LogP contribution in [0.4, 0.5) is 8.78 Å². The van der Waals surface area contributed by atoms with Crippen molar-refractivity contribution in [2.75, 3.05) is 0 Å². The van der Waals surface area contributed by atoms with E-state index in [1.54, 1.807) is 12.1 Å². The fourth-order valence-electron chi connectivity index (χ4n) is 1.82. The van der Waals surface area contributed by atoms with Crippen molar-refractivity contribution in [2.24, 2.45) is 0 Å². The normalized spacial score (nSPS) is 11.9. The van der Waals surface area contributed by atoms with Gasteiger partial charge in [-0.25, -0.2) is 8.78 Å². The smallest absolute Gasteiger partial charge is 0.130 e. The molecule has 0 aliphatic rings. The summed E-state index contributed by atoms with van der Waals surface area (Å²) < 4.78 is 26.5. The molecule has 1 atom stereocenters. The Morgan fingerprint density at radius 1 is 1.06 bits per heavy atom. The molecule has 0 aliphatic carbocycles. The first-order valence-electron chi connectivity index (χ1n) is 5.53. The van der Waals surface area contributed by atoms with E-state index in [1.807, 2.05) is 19.1 Å². The zero-order valence-electron chi connectivity index (χ0n) is 9.82. The van der Waals surface area contributed by atoms with Crippen LogP contribution in [0.15, 0.2) is 42.5 Å². The molecular formula is C15H11F2N. The van der Waals surface area contributed by atoms with E-state index in [0.29, 0.717) is 5.56 Å². The molecule has 0 heterocycles. The van der Waals surface area contributed by atoms with E-state index in [-0.39, 0.29) is 5.56 Å². The van der Waals surface area contributed by atoms with Gasteiger partial charge in [0, 0.05) is 11.6 Å². The monoisotopic (exact) mass is 243 g/mol. The maximum atomic E-state index is 13.7. The second-order valence-corrected chi connectivity index (χ2v) is 4.14. The number of hydrogen-bond acceptors (Lipinski definition) is 1. The Bertz CT molecular complexity index is 597. The summed E-state index contributed by atoms with van der Waals surface area (Å²) in [7, 11) is 0. The molecule has 0 N–H and O–H groups in total. The Kier molecular flexibility index (Phi) is 3.38. The fourth-order valence-corrected chi connectivity index (χ4v) is 1.82. The molecule has 2 aromatic carbocycles. The van der Waals surface area contributed by atoms with E-state index in [9.17, 15) is 14.0 Å². The summed E-state index contributed by atoms with van der Waals surface area (Å²) in [5.41, 5.74) is 1.96. The van der Waals surface area contributed by atoms with Crippen LogP contribution in [0, 0.1) is 29.9 Å². The minimum Gasteiger partial charge on any atom is -0.207 e. The van der Waals surface area contributed by atoms with Crippen molar-refractivity contribution >= 4 is 0 Å². The molecule has 90 valence electrons. The van der Waals surface area contributed by atoms with E-state index in [1.165, 1.54) is 6.07 Å². The predicted molar refractivity (Wildman–Crippen MR) is 65.0 cm³/mol. The molecule has 2 aromatic rings. The maximum absolute atomic E-state index is 13.7. The summed E-state index contributed by atoms with van der Waals surface area (Å²) in [6.45, 7) is 1.93. The van der Waals surface area contributed by atoms with Gasteiger partial charge in [0.2, 0.25) is 0 Å². The number of nitriles is 1. The van der Waals surface area contributed by atoms with Crippen LogP contribution >= 0.6 is 0 Å². The highest BCUT2D eigenvalue weighted by Gasteiger charge is 2.17. The first-order valence-corrected chi connectivity index (χ1v) is 5.53. The quantitative estimate of drug-likeness (QED) is 0.784. The molecule has 0 aromatic heterocycles. The van der Waals surface area contributed by atoms with Gasteiger partial charge in [0.05, 0.1) is 12.0 Å². The van der Waals surface area contributed by atoms with Crippen LogP contribution in [0.3, 0.4) is 0 Å². The highest BCUT2D eigenvalue weighted by atomic mass is 19.1. The molecular weight excluding hydrogens is 232 g/mol. The second-order valence-electron chi connectivity index (χ2n) is 4.14. The van der Waals surface area contributed by atoms with Crippen molar-refractivity contribution < 1.29 is 8.78 Å². The average molecular weight is 243 g/mol. The molecule has 0 saturated heterocycles. The average Bonchev–Trinajstić information content (AvgIpc) is 2.35. The van der Waals surface area contributed by atoms with Crippen molar-refractivity contribution in [3.8, 4) is 6.07 Å². The van der Waals surface area contributed by atoms with Crippen LogP contribution < -0.4 is 0 Å². The van der Waals surface area contributed by atoms with Crippen LogP contribution in [-0.4, -0.2) is 0 Å². The molecule has 1 nitrogen and oxygen atoms in total. The third kappa shape index (κ3) is 2.38. The summed E-state index contributed by atoms with van der Waals surface area (Å²) >= 11 is 0. The SMILES string of the molecule is Cc1ccc(C(C#N)c2ccc(F)cc2F)cc1. The summed E-state index contributed by atoms with van der Waals surface area (Å²) in [6.07, 6.45) is 0. The van der Waals surface area contributed by atoms with Gasteiger partial charge in [-0.15, -0.1) is 0 Å². The number of hydrogen-bond donors (Lipinski definition) is 0. The number of halogens is 2. The van der Waals surface area contributed by atoms with Gasteiger partial charge in [-0.05, 0) is 18.6 Å². The van der Waals surface area contributed by atoms with Crippen molar-refractivity contribution in [3.05, 3.63) is 70.8 Å². The first-order chi connectivity index (χ1) is 8.61. The Hall–Kier alpha value is -2.21. The summed E-state index contributed by atoms with van der Waals surface area (Å²) in [5, 5.41) is 9.19. The van der Waals surface area contributed by atoms with E-state index in [2.05, 4.69) is 6.07 Å². The molecule has 0 radical (unpaired) electrons. The maximum Gasteiger partial charge on any atom is 0.130 e. The number of aryl methyl sites for hydroxylation is 1. The molecule has 18 heavy (non-hydrogen) atoms. The van der Waals surface area contributed by atoms with E-state index < -0.39 is 17.6 Å². The molecule has 0 aliphatic heterocycles. The minimum absolute atomic E-state index is 0.197. The highest BCUT2D eigenvalue weighted by Crippen LogP contribution is 2.26. The topological polar surface area (TPSA) is 23.8 Å². The van der Waals surface area contributed by atoms with Gasteiger partial charge >= 0.3 is 0 Å². The Balaban J connectivity index is 2.46. The van der Waals surface area contributed by atoms with Crippen molar-refractivity contribution in [1.29, 1.82) is 5.26 Å². The van der Waals surface area contributed by atoms with Gasteiger partial charge < -0.3 is 0 Å². The Morgan fingerprint density at radius 2 is 1.72 bits per heavy atom.